The van der Waals surface area contributed by atoms with Crippen LogP contribution in [0.3, 0.4) is 0 Å². The minimum atomic E-state index is -0.775. The largest absolute Gasteiger partial charge is 0.333 e. The van der Waals surface area contributed by atoms with Crippen LogP contribution >= 0.6 is 0 Å². The van der Waals surface area contributed by atoms with Gasteiger partial charge in [-0.3, -0.25) is 0 Å². The lowest BCUT2D eigenvalue weighted by Crippen LogP contribution is -2.44. The maximum atomic E-state index is 13.7. The van der Waals surface area contributed by atoms with E-state index in [0.29, 0.717) is 24.1 Å². The third-order valence-electron chi connectivity index (χ3n) is 3.88. The smallest absolute Gasteiger partial charge is 0.202 e. The van der Waals surface area contributed by atoms with Gasteiger partial charge in [0.15, 0.2) is 0 Å². The van der Waals surface area contributed by atoms with Gasteiger partial charge in [0.1, 0.15) is 11.5 Å². The molecule has 6 heteroatoms. The number of nitrogens with zero attached hydrogens (tertiary/aromatic N) is 2. The summed E-state index contributed by atoms with van der Waals surface area (Å²) in [6.07, 6.45) is 5.22. The van der Waals surface area contributed by atoms with E-state index >= 15 is 0 Å². The van der Waals surface area contributed by atoms with Crippen molar-refractivity contribution in [2.45, 2.75) is 31.5 Å². The summed E-state index contributed by atoms with van der Waals surface area (Å²) in [5, 5.41) is 5.90. The van der Waals surface area contributed by atoms with Gasteiger partial charge in [-0.1, -0.05) is 12.1 Å². The number of benzene rings is 1. The highest BCUT2D eigenvalue weighted by atomic mass is 19.1. The van der Waals surface area contributed by atoms with Gasteiger partial charge in [0.25, 0.3) is 0 Å². The topological polar surface area (TPSA) is 65.7 Å². The third-order valence-corrected chi connectivity index (χ3v) is 3.88. The number of nitrogens with two attached hydrogens (primary N) is 1. The number of anilines is 1. The normalized spacial score (nSPS) is 22.2. The number of rotatable bonds is 5. The number of para-hydroxylation sites is 1. The van der Waals surface area contributed by atoms with E-state index in [1.807, 2.05) is 20.2 Å². The van der Waals surface area contributed by atoms with E-state index in [1.54, 1.807) is 24.4 Å². The van der Waals surface area contributed by atoms with Crippen LogP contribution in [0, 0.1) is 5.82 Å². The molecule has 5 nitrogen and oxygen atoms in total. The van der Waals surface area contributed by atoms with E-state index in [9.17, 15) is 4.39 Å². The molecule has 0 fully saturated rings. The number of halogens is 1. The summed E-state index contributed by atoms with van der Waals surface area (Å²) in [5.74, 6) is 0.123. The molecule has 1 aliphatic rings. The number of aliphatic imine (C=N–C) groups is 1. The Balaban J connectivity index is 2.04. The average Bonchev–Trinajstić information content (AvgIpc) is 2.47. The van der Waals surface area contributed by atoms with Crippen molar-refractivity contribution in [1.29, 1.82) is 0 Å². The average molecular weight is 305 g/mol. The van der Waals surface area contributed by atoms with E-state index in [-0.39, 0.29) is 5.82 Å². The van der Waals surface area contributed by atoms with Crippen LogP contribution in [0.1, 0.15) is 19.8 Å². The van der Waals surface area contributed by atoms with Gasteiger partial charge in [-0.15, -0.1) is 0 Å². The Bertz CT molecular complexity index is 569. The third kappa shape index (κ3) is 4.29. The van der Waals surface area contributed by atoms with E-state index in [4.69, 9.17) is 5.73 Å². The van der Waals surface area contributed by atoms with Crippen LogP contribution < -0.4 is 16.4 Å². The minimum Gasteiger partial charge on any atom is -0.333 e. The molecule has 1 aromatic rings. The molecule has 0 saturated carbocycles. The fraction of sp³-hybridized carbons (Fsp3) is 0.438. The van der Waals surface area contributed by atoms with Crippen molar-refractivity contribution in [3.05, 3.63) is 42.4 Å². The van der Waals surface area contributed by atoms with Crippen molar-refractivity contribution in [3.63, 3.8) is 0 Å². The Morgan fingerprint density at radius 3 is 2.82 bits per heavy atom. The molecule has 4 N–H and O–H groups in total. The summed E-state index contributed by atoms with van der Waals surface area (Å²) < 4.78 is 13.7. The molecule has 1 heterocycles. The predicted molar refractivity (Wildman–Crippen MR) is 89.0 cm³/mol. The molecule has 2 atom stereocenters. The van der Waals surface area contributed by atoms with Gasteiger partial charge in [0, 0.05) is 12.2 Å². The van der Waals surface area contributed by atoms with Gasteiger partial charge in [-0.25, -0.2) is 9.38 Å². The fourth-order valence-electron chi connectivity index (χ4n) is 2.13. The summed E-state index contributed by atoms with van der Waals surface area (Å²) in [4.78, 5) is 6.63. The van der Waals surface area contributed by atoms with E-state index < -0.39 is 5.66 Å². The van der Waals surface area contributed by atoms with E-state index in [2.05, 4.69) is 27.4 Å². The standard InChI is InChI=1S/C16H24FN5/c1-12(22(2)3)8-9-16(18)10-11-19-15(21-16)20-14-7-5-4-6-13(14)17/h4-7,10-12H,8-9,18H2,1-3H3,(H2,19,20,21). The van der Waals surface area contributed by atoms with Crippen molar-refractivity contribution in [2.24, 2.45) is 10.7 Å². The lowest BCUT2D eigenvalue weighted by atomic mass is 10.0. The molecular formula is C16H24FN5. The number of guanidine groups is 1. The Kier molecular flexibility index (Phi) is 5.15. The highest BCUT2D eigenvalue weighted by Crippen LogP contribution is 2.20. The summed E-state index contributed by atoms with van der Waals surface area (Å²) in [6, 6.07) is 6.88. The zero-order valence-corrected chi connectivity index (χ0v) is 13.3. The number of hydrogen-bond donors (Lipinski definition) is 3. The molecule has 22 heavy (non-hydrogen) atoms. The molecule has 0 amide bonds. The molecule has 0 bridgehead atoms. The summed E-state index contributed by atoms with van der Waals surface area (Å²) in [5.41, 5.74) is 5.92. The first-order valence-corrected chi connectivity index (χ1v) is 7.40. The van der Waals surface area contributed by atoms with Crippen LogP contribution in [0.2, 0.25) is 0 Å². The Morgan fingerprint density at radius 2 is 2.14 bits per heavy atom. The van der Waals surface area contributed by atoms with Crippen molar-refractivity contribution < 1.29 is 4.39 Å². The molecule has 2 rings (SSSR count). The Morgan fingerprint density at radius 1 is 1.41 bits per heavy atom. The van der Waals surface area contributed by atoms with E-state index in [1.165, 1.54) is 6.07 Å². The highest BCUT2D eigenvalue weighted by molar-refractivity contribution is 5.95. The van der Waals surface area contributed by atoms with Gasteiger partial charge >= 0.3 is 0 Å². The van der Waals surface area contributed by atoms with Crippen molar-refractivity contribution in [2.75, 3.05) is 19.4 Å². The molecular weight excluding hydrogens is 281 g/mol. The summed E-state index contributed by atoms with van der Waals surface area (Å²) >= 11 is 0. The van der Waals surface area contributed by atoms with Gasteiger partial charge in [0.2, 0.25) is 5.96 Å². The highest BCUT2D eigenvalue weighted by Gasteiger charge is 2.25. The molecule has 1 aromatic carbocycles. The van der Waals surface area contributed by atoms with Crippen LogP contribution in [-0.2, 0) is 0 Å². The molecule has 1 aliphatic heterocycles. The van der Waals surface area contributed by atoms with Crippen molar-refractivity contribution in [1.82, 2.24) is 10.2 Å². The SMILES string of the molecule is CC(CCC1(N)C=CNC(Nc2ccccc2F)=N1)N(C)C. The Labute approximate surface area is 131 Å². The molecule has 120 valence electrons. The number of nitrogens with one attached hydrogen (secondary N) is 2. The number of hydrogen-bond acceptors (Lipinski definition) is 5. The molecule has 0 radical (unpaired) electrons. The van der Waals surface area contributed by atoms with Crippen LogP contribution in [0.5, 0.6) is 0 Å². The molecule has 0 spiro atoms. The lowest BCUT2D eigenvalue weighted by molar-refractivity contribution is 0.278. The fourth-order valence-corrected chi connectivity index (χ4v) is 2.13. The Hall–Kier alpha value is -1.92. The lowest BCUT2D eigenvalue weighted by Gasteiger charge is -2.29. The van der Waals surface area contributed by atoms with Crippen LogP contribution in [0.4, 0.5) is 10.1 Å². The van der Waals surface area contributed by atoms with Crippen LogP contribution in [0.15, 0.2) is 41.5 Å². The summed E-state index contributed by atoms with van der Waals surface area (Å²) in [6.45, 7) is 2.15. The minimum absolute atomic E-state index is 0.328. The van der Waals surface area contributed by atoms with Crippen molar-refractivity contribution in [3.8, 4) is 0 Å². The maximum absolute atomic E-state index is 13.7. The summed E-state index contributed by atoms with van der Waals surface area (Å²) in [7, 11) is 4.08. The molecule has 0 saturated heterocycles. The van der Waals surface area contributed by atoms with E-state index in [0.717, 1.165) is 6.42 Å². The monoisotopic (exact) mass is 305 g/mol. The van der Waals surface area contributed by atoms with Crippen LogP contribution in [0.25, 0.3) is 0 Å². The van der Waals surface area contributed by atoms with Crippen LogP contribution in [-0.4, -0.2) is 36.7 Å². The van der Waals surface area contributed by atoms with Gasteiger partial charge in [0.05, 0.1) is 5.69 Å². The predicted octanol–water partition coefficient (Wildman–Crippen LogP) is 2.10. The molecule has 2 unspecified atom stereocenters. The van der Waals surface area contributed by atoms with Gasteiger partial charge in [-0.2, -0.15) is 0 Å². The zero-order valence-electron chi connectivity index (χ0n) is 13.3. The van der Waals surface area contributed by atoms with Crippen molar-refractivity contribution >= 4 is 11.6 Å². The maximum Gasteiger partial charge on any atom is 0.202 e. The first-order chi connectivity index (χ1) is 10.4. The van der Waals surface area contributed by atoms with Gasteiger partial charge < -0.3 is 21.3 Å². The molecule has 0 aliphatic carbocycles. The first kappa shape index (κ1) is 16.5. The second-order valence-corrected chi connectivity index (χ2v) is 5.89. The first-order valence-electron chi connectivity index (χ1n) is 7.40. The molecule has 0 aromatic heterocycles. The second kappa shape index (κ2) is 6.89. The zero-order chi connectivity index (χ0) is 16.2. The van der Waals surface area contributed by atoms with Gasteiger partial charge in [-0.05, 0) is 52.1 Å². The quantitative estimate of drug-likeness (QED) is 0.779. The second-order valence-electron chi connectivity index (χ2n) is 5.89.